The maximum absolute atomic E-state index is 13.7. The number of anilines is 1. The van der Waals surface area contributed by atoms with Crippen LogP contribution in [0, 0.1) is 12.7 Å². The van der Waals surface area contributed by atoms with Crippen LogP contribution in [0.2, 0.25) is 0 Å². The molecule has 3 heterocycles. The molecule has 2 aromatic heterocycles. The highest BCUT2D eigenvalue weighted by atomic mass is 19.1. The van der Waals surface area contributed by atoms with E-state index in [1.54, 1.807) is 34.0 Å². The Morgan fingerprint density at radius 2 is 1.83 bits per heavy atom. The molecule has 1 aliphatic heterocycles. The summed E-state index contributed by atoms with van der Waals surface area (Å²) in [5, 5.41) is 4.22. The number of piperazine rings is 1. The van der Waals surface area contributed by atoms with Crippen LogP contribution in [0.4, 0.5) is 10.2 Å². The van der Waals surface area contributed by atoms with Gasteiger partial charge in [0, 0.05) is 56.3 Å². The first-order valence-corrected chi connectivity index (χ1v) is 9.42. The zero-order valence-corrected chi connectivity index (χ0v) is 16.1. The van der Waals surface area contributed by atoms with E-state index in [2.05, 4.69) is 20.0 Å². The van der Waals surface area contributed by atoms with Crippen LogP contribution in [0.25, 0.3) is 11.9 Å². The van der Waals surface area contributed by atoms with Crippen LogP contribution in [0.3, 0.4) is 0 Å². The van der Waals surface area contributed by atoms with Crippen molar-refractivity contribution in [2.75, 3.05) is 31.1 Å². The average molecular weight is 392 g/mol. The van der Waals surface area contributed by atoms with Crippen molar-refractivity contribution in [1.29, 1.82) is 0 Å². The highest BCUT2D eigenvalue weighted by Gasteiger charge is 2.21. The van der Waals surface area contributed by atoms with Gasteiger partial charge in [0.2, 0.25) is 5.91 Å². The van der Waals surface area contributed by atoms with Gasteiger partial charge in [-0.05, 0) is 25.1 Å². The number of hydrogen-bond acceptors (Lipinski definition) is 5. The molecule has 0 unspecified atom stereocenters. The fraction of sp³-hybridized carbons (Fsp3) is 0.238. The molecular formula is C21H21FN6O. The quantitative estimate of drug-likeness (QED) is 0.638. The zero-order chi connectivity index (χ0) is 20.2. The summed E-state index contributed by atoms with van der Waals surface area (Å²) in [7, 11) is 0. The molecule has 148 valence electrons. The van der Waals surface area contributed by atoms with E-state index in [0.29, 0.717) is 43.4 Å². The number of nitrogens with zero attached hydrogens (tertiary/aromatic N) is 6. The minimum Gasteiger partial charge on any atom is -0.353 e. The Morgan fingerprint density at radius 1 is 1.07 bits per heavy atom. The summed E-state index contributed by atoms with van der Waals surface area (Å²) in [5.74, 6) is 1.73. The number of aryl methyl sites for hydroxylation is 1. The lowest BCUT2D eigenvalue weighted by atomic mass is 10.2. The van der Waals surface area contributed by atoms with E-state index in [9.17, 15) is 9.18 Å². The summed E-state index contributed by atoms with van der Waals surface area (Å²) in [4.78, 5) is 25.3. The number of rotatable bonds is 4. The van der Waals surface area contributed by atoms with Gasteiger partial charge < -0.3 is 9.80 Å². The van der Waals surface area contributed by atoms with E-state index in [-0.39, 0.29) is 11.7 Å². The Kier molecular flexibility index (Phi) is 5.33. The Bertz CT molecular complexity index is 1030. The van der Waals surface area contributed by atoms with Crippen LogP contribution in [-0.2, 0) is 4.79 Å². The summed E-state index contributed by atoms with van der Waals surface area (Å²) in [5.41, 5.74) is 0.405. The minimum atomic E-state index is -0.339. The lowest BCUT2D eigenvalue weighted by Crippen LogP contribution is -2.48. The van der Waals surface area contributed by atoms with Gasteiger partial charge in [0.05, 0.1) is 0 Å². The van der Waals surface area contributed by atoms with Gasteiger partial charge in [-0.2, -0.15) is 5.10 Å². The smallest absolute Gasteiger partial charge is 0.246 e. The molecule has 1 amide bonds. The monoisotopic (exact) mass is 392 g/mol. The molecule has 1 aliphatic rings. The maximum Gasteiger partial charge on any atom is 0.246 e. The first kappa shape index (κ1) is 18.8. The lowest BCUT2D eigenvalue weighted by Gasteiger charge is -2.35. The Labute approximate surface area is 168 Å². The molecule has 3 aromatic rings. The molecule has 0 atom stereocenters. The van der Waals surface area contributed by atoms with E-state index in [0.717, 1.165) is 5.82 Å². The third-order valence-electron chi connectivity index (χ3n) is 4.78. The van der Waals surface area contributed by atoms with Crippen molar-refractivity contribution in [2.45, 2.75) is 6.92 Å². The SMILES string of the molecule is Cc1nc(N2CCN(C(=O)/C=C/c3ccccc3F)CC2)cc(-n2cccn2)n1. The highest BCUT2D eigenvalue weighted by molar-refractivity contribution is 5.92. The predicted octanol–water partition coefficient (Wildman–Crippen LogP) is 2.47. The standard InChI is InChI=1S/C21H21FN6O/c1-16-24-19(15-20(25-16)28-10-4-9-23-28)26-11-13-27(14-12-26)21(29)8-7-17-5-2-3-6-18(17)22/h2-10,15H,11-14H2,1H3/b8-7+. The van der Waals surface area contributed by atoms with E-state index >= 15 is 0 Å². The summed E-state index contributed by atoms with van der Waals surface area (Å²) < 4.78 is 15.4. The molecule has 0 bridgehead atoms. The molecular weight excluding hydrogens is 371 g/mol. The topological polar surface area (TPSA) is 67.2 Å². The molecule has 0 aliphatic carbocycles. The van der Waals surface area contributed by atoms with E-state index < -0.39 is 0 Å². The fourth-order valence-corrected chi connectivity index (χ4v) is 3.25. The largest absolute Gasteiger partial charge is 0.353 e. The van der Waals surface area contributed by atoms with Gasteiger partial charge >= 0.3 is 0 Å². The normalized spacial score (nSPS) is 14.6. The molecule has 0 radical (unpaired) electrons. The number of benzene rings is 1. The van der Waals surface area contributed by atoms with E-state index in [1.807, 2.05) is 25.3 Å². The zero-order valence-electron chi connectivity index (χ0n) is 16.1. The second-order valence-electron chi connectivity index (χ2n) is 6.75. The first-order valence-electron chi connectivity index (χ1n) is 9.42. The molecule has 8 heteroatoms. The average Bonchev–Trinajstić information content (AvgIpc) is 3.28. The molecule has 29 heavy (non-hydrogen) atoms. The third kappa shape index (κ3) is 4.31. The van der Waals surface area contributed by atoms with Crippen molar-refractivity contribution < 1.29 is 9.18 Å². The van der Waals surface area contributed by atoms with Gasteiger partial charge in [-0.3, -0.25) is 4.79 Å². The number of carbonyl (C=O) groups excluding carboxylic acids is 1. The molecule has 0 N–H and O–H groups in total. The van der Waals surface area contributed by atoms with Crippen molar-refractivity contribution >= 4 is 17.8 Å². The first-order chi connectivity index (χ1) is 14.1. The number of aromatic nitrogens is 4. The van der Waals surface area contributed by atoms with Gasteiger partial charge in [0.25, 0.3) is 0 Å². The third-order valence-corrected chi connectivity index (χ3v) is 4.78. The number of halogens is 1. The predicted molar refractivity (Wildman–Crippen MR) is 108 cm³/mol. The van der Waals surface area contributed by atoms with Crippen LogP contribution >= 0.6 is 0 Å². The Hall–Kier alpha value is -3.55. The van der Waals surface area contributed by atoms with Gasteiger partial charge in [0.15, 0.2) is 5.82 Å². The van der Waals surface area contributed by atoms with Crippen molar-refractivity contribution in [3.8, 4) is 5.82 Å². The number of hydrogen-bond donors (Lipinski definition) is 0. The van der Waals surface area contributed by atoms with Crippen LogP contribution in [0.1, 0.15) is 11.4 Å². The summed E-state index contributed by atoms with van der Waals surface area (Å²) in [6.45, 7) is 4.31. The summed E-state index contributed by atoms with van der Waals surface area (Å²) in [6, 6.07) is 10.1. The second-order valence-corrected chi connectivity index (χ2v) is 6.75. The van der Waals surface area contributed by atoms with Gasteiger partial charge in [-0.25, -0.2) is 19.0 Å². The molecule has 1 fully saturated rings. The number of carbonyl (C=O) groups is 1. The molecule has 1 aromatic carbocycles. The van der Waals surface area contributed by atoms with Crippen molar-refractivity contribution in [1.82, 2.24) is 24.6 Å². The van der Waals surface area contributed by atoms with Gasteiger partial charge in [-0.1, -0.05) is 18.2 Å². The molecule has 0 saturated carbocycles. The van der Waals surface area contributed by atoms with Crippen LogP contribution < -0.4 is 4.90 Å². The highest BCUT2D eigenvalue weighted by Crippen LogP contribution is 2.17. The van der Waals surface area contributed by atoms with Gasteiger partial charge in [0.1, 0.15) is 17.5 Å². The molecule has 4 rings (SSSR count). The second kappa shape index (κ2) is 8.22. The summed E-state index contributed by atoms with van der Waals surface area (Å²) >= 11 is 0. The van der Waals surface area contributed by atoms with Crippen LogP contribution in [0.15, 0.2) is 54.9 Å². The summed E-state index contributed by atoms with van der Waals surface area (Å²) in [6.07, 6.45) is 6.49. The molecule has 7 nitrogen and oxygen atoms in total. The number of amides is 1. The van der Waals surface area contributed by atoms with Crippen molar-refractivity contribution in [3.05, 3.63) is 72.1 Å². The van der Waals surface area contributed by atoms with Crippen molar-refractivity contribution in [3.63, 3.8) is 0 Å². The van der Waals surface area contributed by atoms with Crippen LogP contribution in [0.5, 0.6) is 0 Å². The van der Waals surface area contributed by atoms with Crippen LogP contribution in [-0.4, -0.2) is 56.7 Å². The molecule has 0 spiro atoms. The Morgan fingerprint density at radius 3 is 2.55 bits per heavy atom. The van der Waals surface area contributed by atoms with E-state index in [1.165, 1.54) is 18.2 Å². The van der Waals surface area contributed by atoms with Crippen molar-refractivity contribution in [2.24, 2.45) is 0 Å². The Balaban J connectivity index is 1.41. The molecule has 1 saturated heterocycles. The van der Waals surface area contributed by atoms with Gasteiger partial charge in [-0.15, -0.1) is 0 Å². The minimum absolute atomic E-state index is 0.121. The maximum atomic E-state index is 13.7. The lowest BCUT2D eigenvalue weighted by molar-refractivity contribution is -0.126. The van der Waals surface area contributed by atoms with E-state index in [4.69, 9.17) is 0 Å². The fourth-order valence-electron chi connectivity index (χ4n) is 3.25.